The SMILES string of the molecule is C[C@H]1COc2ccc(-c3cccnc3)cc2CN1S(=O)(=O)c1cn(C)cn1. The van der Waals surface area contributed by atoms with Crippen molar-refractivity contribution in [3.63, 3.8) is 0 Å². The molecule has 0 radical (unpaired) electrons. The van der Waals surface area contributed by atoms with Crippen LogP contribution in [0.4, 0.5) is 0 Å². The Bertz CT molecular complexity index is 1060. The predicted molar refractivity (Wildman–Crippen MR) is 101 cm³/mol. The summed E-state index contributed by atoms with van der Waals surface area (Å²) >= 11 is 0. The lowest BCUT2D eigenvalue weighted by molar-refractivity contribution is 0.233. The number of fused-ring (bicyclic) bond motifs is 1. The van der Waals surface area contributed by atoms with E-state index in [4.69, 9.17) is 4.74 Å². The predicted octanol–water partition coefficient (Wildman–Crippen LogP) is 2.45. The minimum Gasteiger partial charge on any atom is -0.492 e. The van der Waals surface area contributed by atoms with Crippen LogP contribution in [0.2, 0.25) is 0 Å². The Labute approximate surface area is 158 Å². The standard InChI is InChI=1S/C19H20N4O3S/c1-14-12-26-18-6-5-15(16-4-3-7-20-9-16)8-17(18)10-23(14)27(24,25)19-11-22(2)13-21-19/h3-9,11,13-14H,10,12H2,1-2H3/t14-/m0/s1. The van der Waals surface area contributed by atoms with Crippen LogP contribution in [0.3, 0.4) is 0 Å². The molecule has 140 valence electrons. The molecule has 7 nitrogen and oxygen atoms in total. The second-order valence-electron chi connectivity index (χ2n) is 6.65. The molecular formula is C19H20N4O3S. The molecule has 0 amide bonds. The van der Waals surface area contributed by atoms with Crippen LogP contribution in [0.5, 0.6) is 5.75 Å². The Morgan fingerprint density at radius 2 is 2.07 bits per heavy atom. The van der Waals surface area contributed by atoms with E-state index in [1.54, 1.807) is 24.0 Å². The molecule has 0 saturated heterocycles. The van der Waals surface area contributed by atoms with Gasteiger partial charge in [0.25, 0.3) is 10.0 Å². The first-order valence-corrected chi connectivity index (χ1v) is 10.0. The van der Waals surface area contributed by atoms with Gasteiger partial charge in [0.1, 0.15) is 12.4 Å². The van der Waals surface area contributed by atoms with Crippen molar-refractivity contribution < 1.29 is 13.2 Å². The monoisotopic (exact) mass is 384 g/mol. The summed E-state index contributed by atoms with van der Waals surface area (Å²) in [6.45, 7) is 2.35. The van der Waals surface area contributed by atoms with E-state index in [0.29, 0.717) is 5.75 Å². The molecule has 1 aromatic carbocycles. The van der Waals surface area contributed by atoms with Crippen LogP contribution in [0.25, 0.3) is 11.1 Å². The Hall–Kier alpha value is -2.71. The van der Waals surface area contributed by atoms with Crippen molar-refractivity contribution in [2.75, 3.05) is 6.61 Å². The highest BCUT2D eigenvalue weighted by Crippen LogP contribution is 2.32. The maximum atomic E-state index is 13.1. The summed E-state index contributed by atoms with van der Waals surface area (Å²) in [5, 5.41) is 0.0451. The van der Waals surface area contributed by atoms with Crippen molar-refractivity contribution in [1.29, 1.82) is 0 Å². The average Bonchev–Trinajstić information content (AvgIpc) is 3.04. The zero-order valence-electron chi connectivity index (χ0n) is 15.1. The van der Waals surface area contributed by atoms with Crippen LogP contribution in [-0.2, 0) is 23.6 Å². The van der Waals surface area contributed by atoms with Gasteiger partial charge in [0.05, 0.1) is 12.4 Å². The van der Waals surface area contributed by atoms with Gasteiger partial charge in [0, 0.05) is 43.3 Å². The van der Waals surface area contributed by atoms with E-state index >= 15 is 0 Å². The smallest absolute Gasteiger partial charge is 0.262 e. The molecule has 0 fully saturated rings. The fraction of sp³-hybridized carbons (Fsp3) is 0.263. The second kappa shape index (κ2) is 6.79. The topological polar surface area (TPSA) is 77.3 Å². The molecule has 0 bridgehead atoms. The number of imidazole rings is 1. The third-order valence-electron chi connectivity index (χ3n) is 4.61. The van der Waals surface area contributed by atoms with Gasteiger partial charge < -0.3 is 9.30 Å². The summed E-state index contributed by atoms with van der Waals surface area (Å²) < 4.78 is 35.2. The lowest BCUT2D eigenvalue weighted by atomic mass is 10.0. The number of rotatable bonds is 3. The van der Waals surface area contributed by atoms with Gasteiger partial charge in [-0.25, -0.2) is 13.4 Å². The number of pyridine rings is 1. The van der Waals surface area contributed by atoms with Gasteiger partial charge in [-0.05, 0) is 30.7 Å². The molecule has 1 aliphatic rings. The summed E-state index contributed by atoms with van der Waals surface area (Å²) in [6.07, 6.45) is 6.50. The summed E-state index contributed by atoms with van der Waals surface area (Å²) in [6, 6.07) is 9.34. The summed E-state index contributed by atoms with van der Waals surface area (Å²) in [5.74, 6) is 0.702. The number of ether oxygens (including phenoxy) is 1. The maximum absolute atomic E-state index is 13.1. The molecule has 3 heterocycles. The largest absolute Gasteiger partial charge is 0.492 e. The Morgan fingerprint density at radius 3 is 2.78 bits per heavy atom. The zero-order chi connectivity index (χ0) is 19.0. The molecule has 3 aromatic rings. The van der Waals surface area contributed by atoms with Crippen molar-refractivity contribution in [3.05, 3.63) is 60.8 Å². The number of hydrogen-bond acceptors (Lipinski definition) is 5. The zero-order valence-corrected chi connectivity index (χ0v) is 15.9. The van der Waals surface area contributed by atoms with Crippen LogP contribution in [0, 0.1) is 0 Å². The summed E-state index contributed by atoms with van der Waals surface area (Å²) in [5.41, 5.74) is 2.76. The molecule has 1 aliphatic heterocycles. The average molecular weight is 384 g/mol. The minimum absolute atomic E-state index is 0.0451. The van der Waals surface area contributed by atoms with E-state index in [9.17, 15) is 8.42 Å². The maximum Gasteiger partial charge on any atom is 0.262 e. The highest BCUT2D eigenvalue weighted by Gasteiger charge is 2.34. The number of aromatic nitrogens is 3. The van der Waals surface area contributed by atoms with Gasteiger partial charge in [-0.15, -0.1) is 0 Å². The quantitative estimate of drug-likeness (QED) is 0.693. The Morgan fingerprint density at radius 1 is 1.22 bits per heavy atom. The van der Waals surface area contributed by atoms with Crippen LogP contribution in [0.15, 0.2) is 60.3 Å². The molecule has 0 saturated carbocycles. The van der Waals surface area contributed by atoms with E-state index < -0.39 is 10.0 Å². The van der Waals surface area contributed by atoms with Gasteiger partial charge in [-0.3, -0.25) is 4.98 Å². The molecule has 27 heavy (non-hydrogen) atoms. The molecule has 0 spiro atoms. The molecule has 4 rings (SSSR count). The van der Waals surface area contributed by atoms with E-state index in [1.165, 1.54) is 16.8 Å². The fourth-order valence-electron chi connectivity index (χ4n) is 3.14. The number of nitrogens with zero attached hydrogens (tertiary/aromatic N) is 4. The Kier molecular flexibility index (Phi) is 4.45. The van der Waals surface area contributed by atoms with E-state index in [2.05, 4.69) is 9.97 Å². The third-order valence-corrected chi connectivity index (χ3v) is 6.45. The van der Waals surface area contributed by atoms with E-state index in [-0.39, 0.29) is 24.2 Å². The molecule has 1 atom stereocenters. The van der Waals surface area contributed by atoms with Crippen molar-refractivity contribution in [3.8, 4) is 16.9 Å². The molecule has 0 N–H and O–H groups in total. The number of aryl methyl sites for hydroxylation is 1. The van der Waals surface area contributed by atoms with Crippen LogP contribution >= 0.6 is 0 Å². The van der Waals surface area contributed by atoms with Gasteiger partial charge >= 0.3 is 0 Å². The normalized spacial score (nSPS) is 17.8. The number of benzene rings is 1. The van der Waals surface area contributed by atoms with Crippen molar-refractivity contribution in [2.24, 2.45) is 7.05 Å². The van der Waals surface area contributed by atoms with Crippen LogP contribution < -0.4 is 4.74 Å². The summed E-state index contributed by atoms with van der Waals surface area (Å²) in [4.78, 5) is 8.18. The molecule has 0 unspecified atom stereocenters. The van der Waals surface area contributed by atoms with E-state index in [1.807, 2.05) is 37.3 Å². The van der Waals surface area contributed by atoms with Gasteiger partial charge in [0.15, 0.2) is 5.03 Å². The molecule has 0 aliphatic carbocycles. The highest BCUT2D eigenvalue weighted by molar-refractivity contribution is 7.89. The highest BCUT2D eigenvalue weighted by atomic mass is 32.2. The first-order valence-electron chi connectivity index (χ1n) is 8.61. The van der Waals surface area contributed by atoms with Gasteiger partial charge in [-0.1, -0.05) is 12.1 Å². The lowest BCUT2D eigenvalue weighted by Gasteiger charge is -2.24. The molecule has 8 heteroatoms. The second-order valence-corrected chi connectivity index (χ2v) is 8.49. The van der Waals surface area contributed by atoms with Crippen molar-refractivity contribution >= 4 is 10.0 Å². The van der Waals surface area contributed by atoms with Crippen LogP contribution in [0.1, 0.15) is 12.5 Å². The fourth-order valence-corrected chi connectivity index (χ4v) is 4.70. The van der Waals surface area contributed by atoms with Crippen molar-refractivity contribution in [2.45, 2.75) is 24.5 Å². The number of hydrogen-bond donors (Lipinski definition) is 0. The summed E-state index contributed by atoms with van der Waals surface area (Å²) in [7, 11) is -1.98. The van der Waals surface area contributed by atoms with E-state index in [0.717, 1.165) is 16.7 Å². The third kappa shape index (κ3) is 3.33. The van der Waals surface area contributed by atoms with Gasteiger partial charge in [-0.2, -0.15) is 4.31 Å². The molecule has 2 aromatic heterocycles. The lowest BCUT2D eigenvalue weighted by Crippen LogP contribution is -2.39. The van der Waals surface area contributed by atoms with Crippen LogP contribution in [-0.4, -0.2) is 39.9 Å². The number of sulfonamides is 1. The first-order chi connectivity index (χ1) is 12.9. The van der Waals surface area contributed by atoms with Crippen molar-refractivity contribution in [1.82, 2.24) is 18.8 Å². The molecular weight excluding hydrogens is 364 g/mol. The van der Waals surface area contributed by atoms with Gasteiger partial charge in [0.2, 0.25) is 0 Å². The minimum atomic E-state index is -3.72. The Balaban J connectivity index is 1.73. The first kappa shape index (κ1) is 17.7.